The number of hydrogen-bond donors (Lipinski definition) is 2. The number of ether oxygens (including phenoxy) is 1. The molecule has 0 spiro atoms. The van der Waals surface area contributed by atoms with Crippen molar-refractivity contribution in [3.63, 3.8) is 0 Å². The molecule has 0 unspecified atom stereocenters. The van der Waals surface area contributed by atoms with Crippen molar-refractivity contribution in [3.8, 4) is 0 Å². The van der Waals surface area contributed by atoms with Gasteiger partial charge >= 0.3 is 12.1 Å². The Morgan fingerprint density at radius 3 is 2.45 bits per heavy atom. The molecule has 49 heavy (non-hydrogen) atoms. The van der Waals surface area contributed by atoms with Crippen LogP contribution in [-0.2, 0) is 20.7 Å². The van der Waals surface area contributed by atoms with Gasteiger partial charge in [0.15, 0.2) is 0 Å². The molecule has 1 aliphatic carbocycles. The summed E-state index contributed by atoms with van der Waals surface area (Å²) in [6.45, 7) is 1.36. The first-order chi connectivity index (χ1) is 23.4. The lowest BCUT2D eigenvalue weighted by molar-refractivity contribution is -0.150. The Kier molecular flexibility index (Phi) is 10.8. The Balaban J connectivity index is 1.09. The van der Waals surface area contributed by atoms with E-state index in [4.69, 9.17) is 20.8 Å². The summed E-state index contributed by atoms with van der Waals surface area (Å²) >= 11 is 6.57. The van der Waals surface area contributed by atoms with Crippen LogP contribution in [0.2, 0.25) is 5.02 Å². The minimum atomic E-state index is -4.24. The number of alkyl halides is 3. The number of likely N-dealkylation sites (tertiary alicyclic amines) is 1. The summed E-state index contributed by atoms with van der Waals surface area (Å²) < 4.78 is 50.6. The largest absolute Gasteiger partial charge is 0.481 e. The maximum atomic E-state index is 13.8. The van der Waals surface area contributed by atoms with Crippen LogP contribution in [-0.4, -0.2) is 108 Å². The number of piperazine rings is 1. The molecule has 3 aromatic rings. The van der Waals surface area contributed by atoms with E-state index in [1.54, 1.807) is 30.3 Å². The maximum Gasteiger partial charge on any atom is 0.401 e. The average molecular weight is 705 g/mol. The molecule has 2 N–H and O–H groups in total. The van der Waals surface area contributed by atoms with E-state index in [0.29, 0.717) is 99.2 Å². The fourth-order valence-corrected chi connectivity index (χ4v) is 7.52. The predicted octanol–water partition coefficient (Wildman–Crippen LogP) is 5.69. The number of carbonyl (C=O) groups excluding carboxylic acids is 2. The van der Waals surface area contributed by atoms with Crippen molar-refractivity contribution in [2.24, 2.45) is 5.92 Å². The highest BCUT2D eigenvalue weighted by molar-refractivity contribution is 6.34. The Morgan fingerprint density at radius 1 is 1.02 bits per heavy atom. The minimum absolute atomic E-state index is 0.0199. The number of halogens is 4. The second kappa shape index (κ2) is 15.1. The number of anilines is 1. The maximum absolute atomic E-state index is 13.8. The summed E-state index contributed by atoms with van der Waals surface area (Å²) in [5.41, 5.74) is 2.02. The molecule has 3 fully saturated rings. The normalized spacial score (nSPS) is 24.0. The van der Waals surface area contributed by atoms with Gasteiger partial charge in [0, 0.05) is 44.2 Å². The molecular formula is C35H40ClF3N4O6. The lowest BCUT2D eigenvalue weighted by Crippen LogP contribution is -2.52. The van der Waals surface area contributed by atoms with Crippen LogP contribution >= 0.6 is 11.6 Å². The molecule has 6 rings (SSSR count). The molecule has 0 bridgehead atoms. The molecular weight excluding hydrogens is 665 g/mol. The molecule has 1 saturated carbocycles. The van der Waals surface area contributed by atoms with Gasteiger partial charge in [-0.15, -0.1) is 0 Å². The van der Waals surface area contributed by atoms with Crippen molar-refractivity contribution in [3.05, 3.63) is 64.9 Å². The van der Waals surface area contributed by atoms with E-state index in [2.05, 4.69) is 10.2 Å². The standard InChI is InChI=1S/C35H40ClF3N4O6/c36-29-15-22(5-10-30(29)40-33(45)28-20-49-31-4-2-1-3-27(28)31)16-32(44)43-18-24(42-13-11-41(12-14-42)21-35(37,38)39)17-25(43)19-48-26-8-6-23(7-9-26)34(46)47/h1-5,10,15,20,23-26H,6-9,11-14,16-19,21H2,(H,40,45)(H,46,47)/t23-,24-,25-,26-/m0/s1. The fourth-order valence-electron chi connectivity index (χ4n) is 7.27. The number of carbonyl (C=O) groups is 3. The number of furan rings is 1. The van der Waals surface area contributed by atoms with Crippen LogP contribution in [0, 0.1) is 5.92 Å². The highest BCUT2D eigenvalue weighted by Crippen LogP contribution is 2.31. The van der Waals surface area contributed by atoms with Crippen LogP contribution in [0.1, 0.15) is 48.0 Å². The topological polar surface area (TPSA) is 116 Å². The van der Waals surface area contributed by atoms with Crippen LogP contribution in [0.25, 0.3) is 11.0 Å². The number of hydrogen-bond acceptors (Lipinski definition) is 7. The number of nitrogens with one attached hydrogen (secondary N) is 1. The van der Waals surface area contributed by atoms with Gasteiger partial charge in [-0.25, -0.2) is 0 Å². The van der Waals surface area contributed by atoms with Crippen molar-refractivity contribution < 1.29 is 41.8 Å². The van der Waals surface area contributed by atoms with Gasteiger partial charge in [0.05, 0.1) is 53.9 Å². The van der Waals surface area contributed by atoms with Gasteiger partial charge in [0.1, 0.15) is 11.8 Å². The number of carboxylic acids is 1. The Labute approximate surface area is 287 Å². The van der Waals surface area contributed by atoms with Gasteiger partial charge in [-0.05, 0) is 55.9 Å². The van der Waals surface area contributed by atoms with Crippen LogP contribution in [0.3, 0.4) is 0 Å². The number of rotatable bonds is 10. The van der Waals surface area contributed by atoms with Crippen LogP contribution in [0.5, 0.6) is 0 Å². The third-order valence-electron chi connectivity index (χ3n) is 9.95. The second-order valence-electron chi connectivity index (χ2n) is 13.3. The van der Waals surface area contributed by atoms with Crippen molar-refractivity contribution in [2.45, 2.75) is 62.9 Å². The number of benzene rings is 2. The summed E-state index contributed by atoms with van der Waals surface area (Å²) in [6, 6.07) is 12.0. The molecule has 10 nitrogen and oxygen atoms in total. The van der Waals surface area contributed by atoms with Gasteiger partial charge < -0.3 is 24.5 Å². The van der Waals surface area contributed by atoms with Crippen LogP contribution < -0.4 is 5.32 Å². The van der Waals surface area contributed by atoms with E-state index >= 15 is 0 Å². The third kappa shape index (κ3) is 8.75. The van der Waals surface area contributed by atoms with Crippen molar-refractivity contribution in [2.75, 3.05) is 51.2 Å². The quantitative estimate of drug-likeness (QED) is 0.277. The second-order valence-corrected chi connectivity index (χ2v) is 13.7. The third-order valence-corrected chi connectivity index (χ3v) is 10.3. The zero-order chi connectivity index (χ0) is 34.7. The molecule has 2 amide bonds. The molecule has 2 aliphatic heterocycles. The van der Waals surface area contributed by atoms with Gasteiger partial charge in [0.2, 0.25) is 5.91 Å². The lowest BCUT2D eigenvalue weighted by Gasteiger charge is -2.38. The first kappa shape index (κ1) is 35.2. The molecule has 264 valence electrons. The first-order valence-electron chi connectivity index (χ1n) is 16.7. The van der Waals surface area contributed by atoms with Crippen molar-refractivity contribution >= 4 is 46.0 Å². The van der Waals surface area contributed by atoms with Crippen LogP contribution in [0.15, 0.2) is 53.1 Å². The highest BCUT2D eigenvalue weighted by Gasteiger charge is 2.40. The van der Waals surface area contributed by atoms with E-state index < -0.39 is 18.7 Å². The zero-order valence-corrected chi connectivity index (χ0v) is 27.7. The SMILES string of the molecule is O=C(Nc1ccc(CC(=O)N2C[C@@H](N3CCN(CC(F)(F)F)CC3)C[C@H]2CO[C@H]2CC[C@H](C(=O)O)CC2)cc1Cl)c1coc2ccccc12. The number of amides is 2. The number of nitrogens with zero attached hydrogens (tertiary/aromatic N) is 3. The van der Waals surface area contributed by atoms with Crippen molar-refractivity contribution in [1.82, 2.24) is 14.7 Å². The van der Waals surface area contributed by atoms with E-state index in [0.717, 1.165) is 0 Å². The molecule has 14 heteroatoms. The molecule has 3 heterocycles. The van der Waals surface area contributed by atoms with Gasteiger partial charge in [-0.3, -0.25) is 24.2 Å². The smallest absolute Gasteiger partial charge is 0.401 e. The van der Waals surface area contributed by atoms with Crippen molar-refractivity contribution in [1.29, 1.82) is 0 Å². The monoisotopic (exact) mass is 704 g/mol. The number of aliphatic carboxylic acids is 1. The number of fused-ring (bicyclic) bond motifs is 1. The molecule has 0 radical (unpaired) electrons. The average Bonchev–Trinajstić information content (AvgIpc) is 3.70. The number of carboxylic acid groups (broad SMARTS) is 1. The van der Waals surface area contributed by atoms with Crippen LogP contribution in [0.4, 0.5) is 18.9 Å². The Hall–Kier alpha value is -3.65. The van der Waals surface area contributed by atoms with E-state index in [-0.39, 0.29) is 47.4 Å². The molecule has 2 saturated heterocycles. The van der Waals surface area contributed by atoms with E-state index in [9.17, 15) is 32.7 Å². The highest BCUT2D eigenvalue weighted by atomic mass is 35.5. The Bertz CT molecular complexity index is 1650. The molecule has 2 aromatic carbocycles. The molecule has 1 aromatic heterocycles. The first-order valence-corrected chi connectivity index (χ1v) is 17.0. The summed E-state index contributed by atoms with van der Waals surface area (Å²) in [7, 11) is 0. The van der Waals surface area contributed by atoms with Gasteiger partial charge in [-0.2, -0.15) is 13.2 Å². The summed E-state index contributed by atoms with van der Waals surface area (Å²) in [5.74, 6) is -1.65. The molecule has 3 aliphatic rings. The summed E-state index contributed by atoms with van der Waals surface area (Å²) in [6.07, 6.45) is 0.138. The Morgan fingerprint density at radius 2 is 1.76 bits per heavy atom. The predicted molar refractivity (Wildman–Crippen MR) is 177 cm³/mol. The van der Waals surface area contributed by atoms with E-state index in [1.807, 2.05) is 17.0 Å². The number of para-hydroxylation sites is 1. The lowest BCUT2D eigenvalue weighted by atomic mass is 9.87. The summed E-state index contributed by atoms with van der Waals surface area (Å²) in [4.78, 5) is 43.6. The minimum Gasteiger partial charge on any atom is -0.481 e. The van der Waals surface area contributed by atoms with E-state index in [1.165, 1.54) is 11.2 Å². The van der Waals surface area contributed by atoms with Gasteiger partial charge in [0.25, 0.3) is 5.91 Å². The fraction of sp³-hybridized carbons (Fsp3) is 0.514. The zero-order valence-electron chi connectivity index (χ0n) is 27.0. The summed E-state index contributed by atoms with van der Waals surface area (Å²) in [5, 5.41) is 13.1. The van der Waals surface area contributed by atoms with Gasteiger partial charge in [-0.1, -0.05) is 35.9 Å². The molecule has 2 atom stereocenters.